The first-order valence-electron chi connectivity index (χ1n) is 8.75. The number of nitriles is 1. The highest BCUT2D eigenvalue weighted by Crippen LogP contribution is 2.25. The first-order chi connectivity index (χ1) is 14.0. The summed E-state index contributed by atoms with van der Waals surface area (Å²) in [5.41, 5.74) is 2.24. The minimum Gasteiger partial charge on any atom is -0.442 e. The predicted octanol–water partition coefficient (Wildman–Crippen LogP) is 3.59. The van der Waals surface area contributed by atoms with Crippen LogP contribution in [0.2, 0.25) is 0 Å². The molecule has 0 unspecified atom stereocenters. The van der Waals surface area contributed by atoms with E-state index in [0.717, 1.165) is 11.1 Å². The first kappa shape index (κ1) is 18.2. The van der Waals surface area contributed by atoms with Crippen molar-refractivity contribution in [2.75, 3.05) is 0 Å². The highest BCUT2D eigenvalue weighted by molar-refractivity contribution is 6.04. The van der Waals surface area contributed by atoms with Gasteiger partial charge >= 0.3 is 5.97 Å². The van der Waals surface area contributed by atoms with E-state index in [1.165, 1.54) is 10.9 Å². The molecular formula is C22H15N3O4. The summed E-state index contributed by atoms with van der Waals surface area (Å²) >= 11 is 0. The fraction of sp³-hybridized carbons (Fsp3) is 0.0909. The number of furan rings is 1. The van der Waals surface area contributed by atoms with Crippen LogP contribution in [-0.4, -0.2) is 15.5 Å². The molecule has 0 aliphatic carbocycles. The number of carbonyl (C=O) groups excluding carboxylic acids is 1. The Morgan fingerprint density at radius 3 is 2.34 bits per heavy atom. The summed E-state index contributed by atoms with van der Waals surface area (Å²) in [4.78, 5) is 29.2. The molecule has 0 bridgehead atoms. The molecule has 2 heterocycles. The number of hydrogen-bond acceptors (Lipinski definition) is 6. The molecule has 2 aromatic carbocycles. The number of esters is 1. The van der Waals surface area contributed by atoms with E-state index in [2.05, 4.69) is 11.1 Å². The van der Waals surface area contributed by atoms with E-state index in [9.17, 15) is 9.59 Å². The third-order valence-corrected chi connectivity index (χ3v) is 4.56. The van der Waals surface area contributed by atoms with Gasteiger partial charge in [0.25, 0.3) is 5.56 Å². The standard InChI is InChI=1S/C22H15N3O4/c1-13-18(19-20(28-13)24-12-25(2)21(19)26)22(27)29-17-9-7-16(8-10-17)15-5-3-14(11-23)4-6-15/h3-10,12H,1-2H3. The monoisotopic (exact) mass is 385 g/mol. The van der Waals surface area contributed by atoms with Crippen molar-refractivity contribution in [2.45, 2.75) is 6.92 Å². The maximum atomic E-state index is 12.7. The number of aromatic nitrogens is 2. The predicted molar refractivity (Wildman–Crippen MR) is 106 cm³/mol. The summed E-state index contributed by atoms with van der Waals surface area (Å²) in [6.45, 7) is 1.59. The van der Waals surface area contributed by atoms with E-state index >= 15 is 0 Å². The topological polar surface area (TPSA) is 98.1 Å². The normalized spacial score (nSPS) is 10.7. The number of rotatable bonds is 3. The summed E-state index contributed by atoms with van der Waals surface area (Å²) < 4.78 is 12.2. The van der Waals surface area contributed by atoms with Crippen LogP contribution >= 0.6 is 0 Å². The van der Waals surface area contributed by atoms with Crippen molar-refractivity contribution in [1.29, 1.82) is 5.26 Å². The minimum atomic E-state index is -0.683. The molecule has 0 amide bonds. The van der Waals surface area contributed by atoms with Gasteiger partial charge in [0, 0.05) is 7.05 Å². The Morgan fingerprint density at radius 2 is 1.72 bits per heavy atom. The lowest BCUT2D eigenvalue weighted by Crippen LogP contribution is -2.19. The van der Waals surface area contributed by atoms with Gasteiger partial charge in [0.05, 0.1) is 11.6 Å². The number of hydrogen-bond donors (Lipinski definition) is 0. The van der Waals surface area contributed by atoms with E-state index in [0.29, 0.717) is 11.3 Å². The number of fused-ring (bicyclic) bond motifs is 1. The molecule has 0 radical (unpaired) electrons. The average Bonchev–Trinajstić information content (AvgIpc) is 3.08. The summed E-state index contributed by atoms with van der Waals surface area (Å²) in [6.07, 6.45) is 1.34. The highest BCUT2D eigenvalue weighted by atomic mass is 16.5. The molecule has 29 heavy (non-hydrogen) atoms. The van der Waals surface area contributed by atoms with Crippen LogP contribution in [0, 0.1) is 18.3 Å². The van der Waals surface area contributed by atoms with Gasteiger partial charge in [-0.1, -0.05) is 24.3 Å². The fourth-order valence-electron chi connectivity index (χ4n) is 3.04. The van der Waals surface area contributed by atoms with Crippen LogP contribution in [0.4, 0.5) is 0 Å². The van der Waals surface area contributed by atoms with Crippen LogP contribution in [0.1, 0.15) is 21.7 Å². The quantitative estimate of drug-likeness (QED) is 0.395. The lowest BCUT2D eigenvalue weighted by molar-refractivity contribution is 0.0734. The van der Waals surface area contributed by atoms with Gasteiger partial charge < -0.3 is 13.7 Å². The summed E-state index contributed by atoms with van der Waals surface area (Å²) in [6, 6.07) is 16.2. The third kappa shape index (κ3) is 3.28. The molecule has 7 heteroatoms. The molecule has 0 saturated heterocycles. The molecule has 2 aromatic heterocycles. The molecule has 4 aromatic rings. The lowest BCUT2D eigenvalue weighted by atomic mass is 10.0. The number of nitrogens with zero attached hydrogens (tertiary/aromatic N) is 3. The molecule has 0 fully saturated rings. The van der Waals surface area contributed by atoms with Crippen LogP contribution in [0.25, 0.3) is 22.2 Å². The molecule has 0 saturated carbocycles. The van der Waals surface area contributed by atoms with E-state index < -0.39 is 5.97 Å². The van der Waals surface area contributed by atoms with Gasteiger partial charge in [0.2, 0.25) is 5.71 Å². The lowest BCUT2D eigenvalue weighted by Gasteiger charge is -2.06. The Labute approximate surface area is 165 Å². The zero-order chi connectivity index (χ0) is 20.5. The molecule has 142 valence electrons. The van der Waals surface area contributed by atoms with Gasteiger partial charge in [0.15, 0.2) is 0 Å². The Bertz CT molecular complexity index is 1320. The Balaban J connectivity index is 1.62. The zero-order valence-electron chi connectivity index (χ0n) is 15.7. The van der Waals surface area contributed by atoms with Crippen molar-refractivity contribution < 1.29 is 13.9 Å². The summed E-state index contributed by atoms with van der Waals surface area (Å²) in [5, 5.41) is 8.99. The first-order valence-corrected chi connectivity index (χ1v) is 8.75. The molecule has 0 aliphatic heterocycles. The van der Waals surface area contributed by atoms with Crippen LogP contribution in [-0.2, 0) is 7.05 Å². The van der Waals surface area contributed by atoms with Crippen molar-refractivity contribution in [3.8, 4) is 22.9 Å². The van der Waals surface area contributed by atoms with Crippen LogP contribution < -0.4 is 10.3 Å². The van der Waals surface area contributed by atoms with Gasteiger partial charge in [0.1, 0.15) is 28.8 Å². The van der Waals surface area contributed by atoms with E-state index in [-0.39, 0.29) is 28.0 Å². The van der Waals surface area contributed by atoms with E-state index in [1.807, 2.05) is 24.3 Å². The summed E-state index contributed by atoms with van der Waals surface area (Å²) in [7, 11) is 1.55. The second-order valence-electron chi connectivity index (χ2n) is 6.48. The van der Waals surface area contributed by atoms with Gasteiger partial charge in [-0.15, -0.1) is 0 Å². The Hall–Kier alpha value is -4.18. The average molecular weight is 385 g/mol. The second kappa shape index (κ2) is 7.09. The minimum absolute atomic E-state index is 0.0740. The summed E-state index contributed by atoms with van der Waals surface area (Å²) in [5.74, 6) is -0.0747. The molecule has 0 atom stereocenters. The maximum absolute atomic E-state index is 12.7. The molecule has 0 N–H and O–H groups in total. The van der Waals surface area contributed by atoms with Crippen LogP contribution in [0.15, 0.2) is 64.1 Å². The number of aryl methyl sites for hydroxylation is 2. The van der Waals surface area contributed by atoms with E-state index in [1.54, 1.807) is 38.2 Å². The third-order valence-electron chi connectivity index (χ3n) is 4.56. The highest BCUT2D eigenvalue weighted by Gasteiger charge is 2.24. The number of benzene rings is 2. The van der Waals surface area contributed by atoms with Gasteiger partial charge in [-0.2, -0.15) is 5.26 Å². The Morgan fingerprint density at radius 1 is 1.10 bits per heavy atom. The zero-order valence-corrected chi connectivity index (χ0v) is 15.7. The Kier molecular flexibility index (Phi) is 4.45. The fourth-order valence-corrected chi connectivity index (χ4v) is 3.04. The van der Waals surface area contributed by atoms with Crippen molar-refractivity contribution >= 4 is 17.1 Å². The van der Waals surface area contributed by atoms with Gasteiger partial charge in [-0.25, -0.2) is 9.78 Å². The SMILES string of the molecule is Cc1oc2ncn(C)c(=O)c2c1C(=O)Oc1ccc(-c2ccc(C#N)cc2)cc1. The molecule has 0 aliphatic rings. The van der Waals surface area contributed by atoms with Crippen molar-refractivity contribution in [1.82, 2.24) is 9.55 Å². The van der Waals surface area contributed by atoms with Crippen molar-refractivity contribution in [2.24, 2.45) is 7.05 Å². The maximum Gasteiger partial charge on any atom is 0.348 e. The largest absolute Gasteiger partial charge is 0.442 e. The van der Waals surface area contributed by atoms with Crippen LogP contribution in [0.3, 0.4) is 0 Å². The number of ether oxygens (including phenoxy) is 1. The smallest absolute Gasteiger partial charge is 0.348 e. The molecule has 7 nitrogen and oxygen atoms in total. The van der Waals surface area contributed by atoms with Crippen LogP contribution in [0.5, 0.6) is 5.75 Å². The van der Waals surface area contributed by atoms with Gasteiger partial charge in [-0.05, 0) is 42.3 Å². The second-order valence-corrected chi connectivity index (χ2v) is 6.48. The molecular weight excluding hydrogens is 370 g/mol. The van der Waals surface area contributed by atoms with E-state index in [4.69, 9.17) is 14.4 Å². The number of carbonyl (C=O) groups is 1. The molecule has 0 spiro atoms. The van der Waals surface area contributed by atoms with Crippen molar-refractivity contribution in [3.63, 3.8) is 0 Å². The van der Waals surface area contributed by atoms with Gasteiger partial charge in [-0.3, -0.25) is 4.79 Å². The van der Waals surface area contributed by atoms with Crippen molar-refractivity contribution in [3.05, 3.63) is 82.1 Å². The molecule has 4 rings (SSSR count).